The standard InChI is InChI=1S/2C25H22P2.2C2H6O.Ir.OP4/c2*1-5-13-22(14-6-1)26(23-15-7-2-8-16-23)21-27(24-17-9-3-10-18-24)25-19-11-4-12-20-25;2*1-2-3;;1-5-3-2-4-5/h2*1-20H,21H2;2*3H,2H2,1H3;;/q;;;;;+1. The molecule has 66 heavy (non-hydrogen) atoms. The Balaban J connectivity index is 0.000000232. The Labute approximate surface area is 417 Å². The molecular formula is C54H56IrO3P8+. The van der Waals surface area contributed by atoms with E-state index in [1.165, 1.54) is 61.8 Å². The largest absolute Gasteiger partial charge is 0.432 e. The smallest absolute Gasteiger partial charge is 0.397 e. The molecule has 0 bridgehead atoms. The first-order chi connectivity index (χ1) is 32.1. The first kappa shape index (κ1) is 55.8. The van der Waals surface area contributed by atoms with E-state index in [4.69, 9.17) is 10.2 Å². The third kappa shape index (κ3) is 19.3. The molecule has 12 heteroatoms. The van der Waals surface area contributed by atoms with Crippen LogP contribution in [0.15, 0.2) is 243 Å². The quantitative estimate of drug-likeness (QED) is 0.120. The van der Waals surface area contributed by atoms with Crippen molar-refractivity contribution in [1.82, 2.24) is 0 Å². The summed E-state index contributed by atoms with van der Waals surface area (Å²) in [6.45, 7) is 3.86. The van der Waals surface area contributed by atoms with Gasteiger partial charge in [0, 0.05) is 45.1 Å². The SMILES string of the molecule is CCO.CCO.O=[P+]1[P]P=P1.[Ir].c1ccc(P(CP(c2ccccc2)c2ccccc2)c2ccccc2)cc1.c1ccc(P(CP(c2ccccc2)c2ccccc2)c2ccccc2)cc1. The number of aliphatic hydroxyl groups is 2. The van der Waals surface area contributed by atoms with Gasteiger partial charge in [0.25, 0.3) is 0 Å². The molecule has 1 aliphatic rings. The van der Waals surface area contributed by atoms with Gasteiger partial charge in [-0.15, -0.1) is 0 Å². The summed E-state index contributed by atoms with van der Waals surface area (Å²) in [4.78, 5) is 0. The molecule has 0 spiro atoms. The third-order valence-electron chi connectivity index (χ3n) is 9.34. The first-order valence-electron chi connectivity index (χ1n) is 21.4. The van der Waals surface area contributed by atoms with Gasteiger partial charge in [-0.05, 0) is 88.0 Å². The molecule has 0 saturated carbocycles. The van der Waals surface area contributed by atoms with Crippen LogP contribution in [0.4, 0.5) is 0 Å². The van der Waals surface area contributed by atoms with Crippen LogP contribution in [0, 0.1) is 0 Å². The molecule has 0 aliphatic carbocycles. The van der Waals surface area contributed by atoms with Crippen LogP contribution >= 0.6 is 61.9 Å². The maximum Gasteiger partial charge on any atom is 0.432 e. The van der Waals surface area contributed by atoms with E-state index >= 15 is 0 Å². The van der Waals surface area contributed by atoms with Crippen molar-refractivity contribution in [2.75, 3.05) is 25.0 Å². The van der Waals surface area contributed by atoms with Crippen molar-refractivity contribution < 1.29 is 34.9 Å². The summed E-state index contributed by atoms with van der Waals surface area (Å²) in [5, 5.41) is 26.8. The molecule has 9 rings (SSSR count). The van der Waals surface area contributed by atoms with Gasteiger partial charge in [-0.1, -0.05) is 247 Å². The average Bonchev–Trinajstić information content (AvgIpc) is 3.37. The molecule has 338 valence electrons. The van der Waals surface area contributed by atoms with Gasteiger partial charge in [-0.3, -0.25) is 0 Å². The predicted octanol–water partition coefficient (Wildman–Crippen LogP) is 13.7. The van der Waals surface area contributed by atoms with Gasteiger partial charge < -0.3 is 10.2 Å². The van der Waals surface area contributed by atoms with Crippen LogP contribution in [-0.4, -0.2) is 35.2 Å². The Hall–Kier alpha value is -2.82. The molecule has 1 atom stereocenters. The van der Waals surface area contributed by atoms with E-state index in [0.717, 1.165) is 15.5 Å². The van der Waals surface area contributed by atoms with E-state index in [1.54, 1.807) is 13.8 Å². The van der Waals surface area contributed by atoms with Crippen LogP contribution in [0.25, 0.3) is 0 Å². The number of hydrogen-bond donors (Lipinski definition) is 2. The first-order valence-corrected chi connectivity index (χ1v) is 34.2. The molecule has 3 nitrogen and oxygen atoms in total. The number of rotatable bonds is 12. The van der Waals surface area contributed by atoms with Crippen molar-refractivity contribution in [2.24, 2.45) is 0 Å². The van der Waals surface area contributed by atoms with Gasteiger partial charge >= 0.3 is 15.1 Å². The van der Waals surface area contributed by atoms with Crippen molar-refractivity contribution in [1.29, 1.82) is 0 Å². The van der Waals surface area contributed by atoms with E-state index in [9.17, 15) is 4.57 Å². The van der Waals surface area contributed by atoms with E-state index in [-0.39, 0.29) is 33.3 Å². The zero-order valence-electron chi connectivity index (χ0n) is 37.1. The van der Waals surface area contributed by atoms with Crippen molar-refractivity contribution in [3.05, 3.63) is 243 Å². The van der Waals surface area contributed by atoms with Crippen molar-refractivity contribution in [3.8, 4) is 0 Å². The van der Waals surface area contributed by atoms with Gasteiger partial charge in [-0.2, -0.15) is 0 Å². The van der Waals surface area contributed by atoms with Gasteiger partial charge in [0.05, 0.1) is 7.56 Å². The Bertz CT molecular complexity index is 2000. The Morgan fingerprint density at radius 3 is 0.561 bits per heavy atom. The molecule has 1 heterocycles. The Kier molecular flexibility index (Phi) is 28.4. The summed E-state index contributed by atoms with van der Waals surface area (Å²) in [5.41, 5.74) is 0. The average molecular weight is 1190 g/mol. The van der Waals surface area contributed by atoms with Crippen molar-refractivity contribution in [3.63, 3.8) is 0 Å². The summed E-state index contributed by atoms with van der Waals surface area (Å²) in [6.07, 6.45) is 0. The summed E-state index contributed by atoms with van der Waals surface area (Å²) < 4.78 is 10.0. The van der Waals surface area contributed by atoms with Crippen molar-refractivity contribution >= 4 is 104 Å². The minimum Gasteiger partial charge on any atom is -0.397 e. The minimum atomic E-state index is -0.736. The second-order valence-corrected chi connectivity index (χ2v) is 34.3. The topological polar surface area (TPSA) is 57.5 Å². The number of benzene rings is 8. The zero-order valence-corrected chi connectivity index (χ0v) is 46.7. The summed E-state index contributed by atoms with van der Waals surface area (Å²) >= 11 is 0. The predicted molar refractivity (Wildman–Crippen MR) is 300 cm³/mol. The molecule has 2 radical (unpaired) electrons. The maximum atomic E-state index is 10.0. The summed E-state index contributed by atoms with van der Waals surface area (Å²) in [5.74, 6) is 2.35. The summed E-state index contributed by atoms with van der Waals surface area (Å²) in [7, 11) is 1.26. The second kappa shape index (κ2) is 33.6. The Morgan fingerprint density at radius 2 is 0.470 bits per heavy atom. The van der Waals surface area contributed by atoms with Gasteiger partial charge in [-0.25, -0.2) is 0 Å². The minimum absolute atomic E-state index is 0. The zero-order chi connectivity index (χ0) is 45.7. The van der Waals surface area contributed by atoms with E-state index in [1.807, 2.05) is 0 Å². The normalized spacial score (nSPS) is 12.4. The molecule has 1 aliphatic heterocycles. The molecule has 0 aromatic heterocycles. The molecule has 1 unspecified atom stereocenters. The van der Waals surface area contributed by atoms with Gasteiger partial charge in [0.2, 0.25) is 7.56 Å². The molecule has 8 aromatic carbocycles. The van der Waals surface area contributed by atoms with Crippen LogP contribution in [-0.2, 0) is 24.7 Å². The fraction of sp³-hybridized carbons (Fsp3) is 0.111. The fourth-order valence-corrected chi connectivity index (χ4v) is 25.2. The fourth-order valence-electron chi connectivity index (χ4n) is 6.47. The van der Waals surface area contributed by atoms with Crippen molar-refractivity contribution in [2.45, 2.75) is 13.8 Å². The number of aliphatic hydroxyl groups excluding tert-OH is 2. The maximum absolute atomic E-state index is 10.0. The number of hydrogen-bond acceptors (Lipinski definition) is 3. The van der Waals surface area contributed by atoms with Gasteiger partial charge in [0.15, 0.2) is 0 Å². The molecule has 0 fully saturated rings. The van der Waals surface area contributed by atoms with Crippen LogP contribution < -0.4 is 42.4 Å². The molecule has 8 aromatic rings. The van der Waals surface area contributed by atoms with E-state index in [0.29, 0.717) is 0 Å². The second-order valence-electron chi connectivity index (χ2n) is 13.8. The molecular weight excluding hydrogens is 1140 g/mol. The van der Waals surface area contributed by atoms with Crippen LogP contribution in [0.3, 0.4) is 0 Å². The molecule has 2 N–H and O–H groups in total. The molecule has 0 saturated heterocycles. The van der Waals surface area contributed by atoms with E-state index in [2.05, 4.69) is 243 Å². The Morgan fingerprint density at radius 1 is 0.348 bits per heavy atom. The monoisotopic (exact) mass is 1190 g/mol. The van der Waals surface area contributed by atoms with Crippen LogP contribution in [0.1, 0.15) is 13.8 Å². The molecule has 0 amide bonds. The van der Waals surface area contributed by atoms with Gasteiger partial charge in [0.1, 0.15) is 0 Å². The van der Waals surface area contributed by atoms with Crippen LogP contribution in [0.5, 0.6) is 0 Å². The van der Waals surface area contributed by atoms with E-state index < -0.39 is 38.9 Å². The third-order valence-corrected chi connectivity index (χ3v) is 35.9. The summed E-state index contributed by atoms with van der Waals surface area (Å²) in [6, 6.07) is 88.3. The van der Waals surface area contributed by atoms with Crippen LogP contribution in [0.2, 0.25) is 0 Å².